The van der Waals surface area contributed by atoms with E-state index in [1.54, 1.807) is 30.5 Å². The molecule has 41 heavy (non-hydrogen) atoms. The summed E-state index contributed by atoms with van der Waals surface area (Å²) in [7, 11) is 0. The molecule has 1 aliphatic rings. The number of carbonyl (C=O) groups excluding carboxylic acids is 2. The van der Waals surface area contributed by atoms with Crippen LogP contribution in [0.5, 0.6) is 11.6 Å². The topological polar surface area (TPSA) is 120 Å². The highest BCUT2D eigenvalue weighted by molar-refractivity contribution is 6.04. The van der Waals surface area contributed by atoms with Crippen LogP contribution < -0.4 is 20.9 Å². The molecule has 5 aromatic rings. The quantitative estimate of drug-likeness (QED) is 0.280. The van der Waals surface area contributed by atoms with E-state index < -0.39 is 17.3 Å². The van der Waals surface area contributed by atoms with Crippen LogP contribution in [-0.4, -0.2) is 31.0 Å². The minimum absolute atomic E-state index is 0.0389. The number of nitrogens with one attached hydrogen (secondary N) is 2. The Hall–Kier alpha value is -5.32. The lowest BCUT2D eigenvalue weighted by Gasteiger charge is -2.14. The van der Waals surface area contributed by atoms with Gasteiger partial charge in [-0.25, -0.2) is 13.9 Å². The molecule has 1 aliphatic carbocycles. The van der Waals surface area contributed by atoms with E-state index >= 15 is 0 Å². The van der Waals surface area contributed by atoms with Gasteiger partial charge in [0.1, 0.15) is 5.56 Å². The van der Waals surface area contributed by atoms with Gasteiger partial charge in [-0.3, -0.25) is 19.0 Å². The van der Waals surface area contributed by atoms with Crippen LogP contribution in [-0.2, 0) is 11.2 Å². The van der Waals surface area contributed by atoms with Crippen LogP contribution in [0.15, 0.2) is 83.8 Å². The molecule has 1 saturated carbocycles. The van der Waals surface area contributed by atoms with Gasteiger partial charge < -0.3 is 15.4 Å². The summed E-state index contributed by atoms with van der Waals surface area (Å²) in [4.78, 5) is 42.6. The maximum atomic E-state index is 15.0. The van der Waals surface area contributed by atoms with Gasteiger partial charge in [-0.2, -0.15) is 0 Å². The van der Waals surface area contributed by atoms with E-state index in [0.717, 1.165) is 24.6 Å². The summed E-state index contributed by atoms with van der Waals surface area (Å²) in [5.41, 5.74) is 1.51. The zero-order valence-electron chi connectivity index (χ0n) is 22.0. The molecule has 11 heteroatoms. The average Bonchev–Trinajstić information content (AvgIpc) is 3.75. The van der Waals surface area contributed by atoms with E-state index in [1.165, 1.54) is 33.3 Å². The molecule has 206 valence electrons. The maximum absolute atomic E-state index is 15.0. The van der Waals surface area contributed by atoms with Gasteiger partial charge in [0.15, 0.2) is 23.0 Å². The minimum atomic E-state index is -0.740. The average molecular weight is 553 g/mol. The maximum Gasteiger partial charge on any atom is 0.268 e. The fourth-order valence-corrected chi connectivity index (χ4v) is 4.41. The number of nitrogens with zero attached hydrogens (tertiary/aromatic N) is 4. The Balaban J connectivity index is 1.18. The predicted octanol–water partition coefficient (Wildman–Crippen LogP) is 4.97. The van der Waals surface area contributed by atoms with Crippen molar-refractivity contribution in [3.05, 3.63) is 106 Å². The second-order valence-electron chi connectivity index (χ2n) is 9.63. The molecular weight excluding hydrogens is 527 g/mol. The highest BCUT2D eigenvalue weighted by Gasteiger charge is 2.30. The van der Waals surface area contributed by atoms with Crippen molar-refractivity contribution in [1.29, 1.82) is 0 Å². The van der Waals surface area contributed by atoms with Gasteiger partial charge in [-0.15, -0.1) is 5.10 Å². The largest absolute Gasteiger partial charge is 0.434 e. The van der Waals surface area contributed by atoms with Gasteiger partial charge in [0.2, 0.25) is 11.8 Å². The Morgan fingerprint density at radius 3 is 2.56 bits per heavy atom. The van der Waals surface area contributed by atoms with Crippen LogP contribution in [0.25, 0.3) is 11.3 Å². The Morgan fingerprint density at radius 2 is 1.83 bits per heavy atom. The highest BCUT2D eigenvalue weighted by atomic mass is 19.1. The summed E-state index contributed by atoms with van der Waals surface area (Å²) in [6.45, 7) is 1.93. The number of pyridine rings is 1. The molecule has 1 fully saturated rings. The molecule has 0 bridgehead atoms. The summed E-state index contributed by atoms with van der Waals surface area (Å²) < 4.78 is 23.5. The van der Waals surface area contributed by atoms with Crippen molar-refractivity contribution in [2.45, 2.75) is 26.2 Å². The molecule has 0 saturated heterocycles. The SMILES string of the molecule is CCc1ccc(C(=O)Nc2ccc(Oc3ccc4nc(NC(=O)C5CC5)cn4n3)c(F)c2)c(=O)n1-c1ccccc1. The summed E-state index contributed by atoms with van der Waals surface area (Å²) in [5, 5.41) is 9.62. The number of aryl methyl sites for hydroxylation is 1. The van der Waals surface area contributed by atoms with Gasteiger partial charge in [0, 0.05) is 35.1 Å². The third-order valence-corrected chi connectivity index (χ3v) is 6.68. The second kappa shape index (κ2) is 10.7. The number of rotatable bonds is 8. The lowest BCUT2D eigenvalue weighted by Crippen LogP contribution is -2.30. The van der Waals surface area contributed by atoms with Crippen molar-refractivity contribution < 1.29 is 18.7 Å². The van der Waals surface area contributed by atoms with Crippen LogP contribution >= 0.6 is 0 Å². The number of hydrogen-bond acceptors (Lipinski definition) is 6. The molecule has 2 amide bonds. The first kappa shape index (κ1) is 25.9. The predicted molar refractivity (Wildman–Crippen MR) is 150 cm³/mol. The summed E-state index contributed by atoms with van der Waals surface area (Å²) in [5.74, 6) is -1.07. The first-order valence-electron chi connectivity index (χ1n) is 13.2. The third kappa shape index (κ3) is 5.42. The number of anilines is 2. The lowest BCUT2D eigenvalue weighted by atomic mass is 10.1. The van der Waals surface area contributed by atoms with E-state index in [-0.39, 0.29) is 34.7 Å². The van der Waals surface area contributed by atoms with Crippen LogP contribution in [0.4, 0.5) is 15.9 Å². The molecule has 2 aromatic carbocycles. The minimum Gasteiger partial charge on any atom is -0.434 e. The first-order chi connectivity index (χ1) is 19.9. The molecule has 3 heterocycles. The number of halogens is 1. The fraction of sp³-hybridized carbons (Fsp3) is 0.167. The Labute approximate surface area is 233 Å². The number of para-hydroxylation sites is 1. The molecule has 2 N–H and O–H groups in total. The van der Waals surface area contributed by atoms with E-state index in [2.05, 4.69) is 20.7 Å². The van der Waals surface area contributed by atoms with Crippen molar-refractivity contribution in [3.8, 4) is 17.3 Å². The molecule has 0 radical (unpaired) electrons. The first-order valence-corrected chi connectivity index (χ1v) is 13.2. The van der Waals surface area contributed by atoms with E-state index in [9.17, 15) is 18.8 Å². The number of imidazole rings is 1. The summed E-state index contributed by atoms with van der Waals surface area (Å²) in [6.07, 6.45) is 3.91. The number of fused-ring (bicyclic) bond motifs is 1. The van der Waals surface area contributed by atoms with Gasteiger partial charge >= 0.3 is 0 Å². The number of hydrogen-bond donors (Lipinski definition) is 2. The smallest absolute Gasteiger partial charge is 0.268 e. The Kier molecular flexibility index (Phi) is 6.76. The van der Waals surface area contributed by atoms with Gasteiger partial charge in [0.05, 0.1) is 6.20 Å². The third-order valence-electron chi connectivity index (χ3n) is 6.68. The van der Waals surface area contributed by atoms with Crippen LogP contribution in [0.3, 0.4) is 0 Å². The molecule has 10 nitrogen and oxygen atoms in total. The standard InChI is InChI=1S/C30H25FN6O4/c1-2-20-11-12-22(30(40)37(20)21-6-4-3-5-7-21)29(39)32-19-10-13-24(23(31)16-19)41-27-15-14-26-33-25(17-36(26)35-27)34-28(38)18-8-9-18/h3-7,10-18H,2,8-9H2,1H3,(H,32,39)(H,34,38). The zero-order chi connectivity index (χ0) is 28.5. The van der Waals surface area contributed by atoms with Gasteiger partial charge in [-0.1, -0.05) is 25.1 Å². The van der Waals surface area contributed by atoms with E-state index in [1.807, 2.05) is 25.1 Å². The van der Waals surface area contributed by atoms with Crippen molar-refractivity contribution in [1.82, 2.24) is 19.2 Å². The molecule has 0 atom stereocenters. The van der Waals surface area contributed by atoms with Crippen molar-refractivity contribution in [3.63, 3.8) is 0 Å². The monoisotopic (exact) mass is 552 g/mol. The van der Waals surface area contributed by atoms with Gasteiger partial charge in [-0.05, 0) is 61.7 Å². The summed E-state index contributed by atoms with van der Waals surface area (Å²) >= 11 is 0. The summed E-state index contributed by atoms with van der Waals surface area (Å²) in [6, 6.07) is 19.4. The fourth-order valence-electron chi connectivity index (χ4n) is 4.41. The van der Waals surface area contributed by atoms with E-state index in [4.69, 9.17) is 4.74 Å². The highest BCUT2D eigenvalue weighted by Crippen LogP contribution is 2.30. The normalized spacial score (nSPS) is 12.7. The molecule has 6 rings (SSSR count). The number of amides is 2. The van der Waals surface area contributed by atoms with Crippen LogP contribution in [0, 0.1) is 11.7 Å². The lowest BCUT2D eigenvalue weighted by molar-refractivity contribution is -0.117. The Bertz CT molecular complexity index is 1850. The molecule has 3 aromatic heterocycles. The van der Waals surface area contributed by atoms with E-state index in [0.29, 0.717) is 23.6 Å². The zero-order valence-corrected chi connectivity index (χ0v) is 22.0. The van der Waals surface area contributed by atoms with Crippen LogP contribution in [0.1, 0.15) is 35.8 Å². The molecule has 0 unspecified atom stereocenters. The molecular formula is C30H25FN6O4. The van der Waals surface area contributed by atoms with Gasteiger partial charge in [0.25, 0.3) is 11.5 Å². The number of benzene rings is 2. The van der Waals surface area contributed by atoms with Crippen molar-refractivity contribution >= 4 is 29.0 Å². The Morgan fingerprint density at radius 1 is 1.02 bits per heavy atom. The molecule has 0 aliphatic heterocycles. The number of aromatic nitrogens is 4. The number of ether oxygens (including phenoxy) is 1. The second-order valence-corrected chi connectivity index (χ2v) is 9.63. The van der Waals surface area contributed by atoms with Crippen LogP contribution in [0.2, 0.25) is 0 Å². The van der Waals surface area contributed by atoms with Crippen molar-refractivity contribution in [2.24, 2.45) is 5.92 Å². The molecule has 0 spiro atoms. The van der Waals surface area contributed by atoms with Crippen molar-refractivity contribution in [2.75, 3.05) is 10.6 Å². The number of carbonyl (C=O) groups is 2.